The Labute approximate surface area is 115 Å². The average molecular weight is 267 g/mol. The van der Waals surface area contributed by atoms with E-state index < -0.39 is 0 Å². The van der Waals surface area contributed by atoms with Crippen molar-refractivity contribution in [2.24, 2.45) is 11.8 Å². The van der Waals surface area contributed by atoms with E-state index in [-0.39, 0.29) is 0 Å². The van der Waals surface area contributed by atoms with Crippen molar-refractivity contribution in [2.75, 3.05) is 18.0 Å². The summed E-state index contributed by atoms with van der Waals surface area (Å²) >= 11 is 1.79. The zero-order chi connectivity index (χ0) is 13.1. The van der Waals surface area contributed by atoms with Crippen LogP contribution in [0.5, 0.6) is 0 Å². The molecule has 1 aliphatic heterocycles. The van der Waals surface area contributed by atoms with E-state index in [2.05, 4.69) is 43.3 Å². The highest BCUT2D eigenvalue weighted by Gasteiger charge is 2.30. The van der Waals surface area contributed by atoms with E-state index >= 15 is 0 Å². The minimum atomic E-state index is 0.610. The van der Waals surface area contributed by atoms with Crippen LogP contribution in [0.1, 0.15) is 39.8 Å². The van der Waals surface area contributed by atoms with E-state index in [1.165, 1.54) is 17.2 Å². The van der Waals surface area contributed by atoms with Crippen molar-refractivity contribution in [3.05, 3.63) is 11.1 Å². The third kappa shape index (κ3) is 3.04. The van der Waals surface area contributed by atoms with Crippen LogP contribution in [0, 0.1) is 11.8 Å². The molecule has 1 aliphatic rings. The lowest BCUT2D eigenvalue weighted by Gasteiger charge is -2.41. The van der Waals surface area contributed by atoms with Gasteiger partial charge >= 0.3 is 0 Å². The van der Waals surface area contributed by atoms with Crippen molar-refractivity contribution < 1.29 is 0 Å². The number of aromatic nitrogens is 1. The molecule has 1 fully saturated rings. The predicted molar refractivity (Wildman–Crippen MR) is 79.2 cm³/mol. The molecule has 1 aromatic rings. The summed E-state index contributed by atoms with van der Waals surface area (Å²) in [5.41, 5.74) is 1.18. The molecule has 1 aromatic heterocycles. The molecule has 2 heterocycles. The first kappa shape index (κ1) is 13.8. The van der Waals surface area contributed by atoms with Gasteiger partial charge in [-0.2, -0.15) is 0 Å². The second kappa shape index (κ2) is 6.02. The fourth-order valence-electron chi connectivity index (χ4n) is 2.73. The maximum Gasteiger partial charge on any atom is 0.185 e. The Morgan fingerprint density at radius 3 is 2.94 bits per heavy atom. The van der Waals surface area contributed by atoms with Gasteiger partial charge in [0.05, 0.1) is 5.69 Å². The lowest BCUT2D eigenvalue weighted by molar-refractivity contribution is 0.296. The standard InChI is InChI=1S/C14H25N3S/c1-5-15-7-13-9-18-14(16-13)17-8-10(2)6-11(3)12(17)4/h9-12,15H,5-8H2,1-4H3. The molecule has 0 saturated carbocycles. The summed E-state index contributed by atoms with van der Waals surface area (Å²) in [6.07, 6.45) is 1.34. The van der Waals surface area contributed by atoms with Gasteiger partial charge in [-0.3, -0.25) is 0 Å². The van der Waals surface area contributed by atoms with Crippen molar-refractivity contribution >= 4 is 16.5 Å². The van der Waals surface area contributed by atoms with Gasteiger partial charge in [0.1, 0.15) is 0 Å². The number of hydrogen-bond donors (Lipinski definition) is 1. The molecule has 0 amide bonds. The van der Waals surface area contributed by atoms with Crippen molar-refractivity contribution in [1.82, 2.24) is 10.3 Å². The van der Waals surface area contributed by atoms with Crippen LogP contribution < -0.4 is 10.2 Å². The van der Waals surface area contributed by atoms with Crippen LogP contribution in [0.3, 0.4) is 0 Å². The molecule has 3 atom stereocenters. The molecule has 1 N–H and O–H groups in total. The Kier molecular flexibility index (Phi) is 4.62. The molecule has 0 radical (unpaired) electrons. The van der Waals surface area contributed by atoms with E-state index in [0.29, 0.717) is 6.04 Å². The lowest BCUT2D eigenvalue weighted by Crippen LogP contribution is -2.45. The van der Waals surface area contributed by atoms with Crippen LogP contribution in [0.2, 0.25) is 0 Å². The Morgan fingerprint density at radius 2 is 2.22 bits per heavy atom. The summed E-state index contributed by atoms with van der Waals surface area (Å²) in [4.78, 5) is 7.27. The van der Waals surface area contributed by atoms with Gasteiger partial charge in [-0.25, -0.2) is 4.98 Å². The summed E-state index contributed by atoms with van der Waals surface area (Å²) in [5, 5.41) is 6.73. The van der Waals surface area contributed by atoms with Crippen LogP contribution >= 0.6 is 11.3 Å². The van der Waals surface area contributed by atoms with Crippen LogP contribution in [0.4, 0.5) is 5.13 Å². The topological polar surface area (TPSA) is 28.2 Å². The summed E-state index contributed by atoms with van der Waals surface area (Å²) < 4.78 is 0. The van der Waals surface area contributed by atoms with E-state index in [1.54, 1.807) is 11.3 Å². The average Bonchev–Trinajstić information content (AvgIpc) is 2.79. The van der Waals surface area contributed by atoms with Crippen LogP contribution in [0.15, 0.2) is 5.38 Å². The Bertz CT molecular complexity index is 377. The van der Waals surface area contributed by atoms with Crippen molar-refractivity contribution in [1.29, 1.82) is 0 Å². The number of nitrogens with zero attached hydrogens (tertiary/aromatic N) is 2. The predicted octanol–water partition coefficient (Wildman–Crippen LogP) is 3.12. The van der Waals surface area contributed by atoms with Gasteiger partial charge in [-0.15, -0.1) is 11.3 Å². The molecular formula is C14H25N3S. The SMILES string of the molecule is CCNCc1csc(N2CC(C)CC(C)C2C)n1. The highest BCUT2D eigenvalue weighted by atomic mass is 32.1. The zero-order valence-electron chi connectivity index (χ0n) is 11.9. The van der Waals surface area contributed by atoms with Gasteiger partial charge in [0.15, 0.2) is 5.13 Å². The van der Waals surface area contributed by atoms with Gasteiger partial charge in [0.25, 0.3) is 0 Å². The fraction of sp³-hybridized carbons (Fsp3) is 0.786. The third-order valence-electron chi connectivity index (χ3n) is 3.94. The summed E-state index contributed by atoms with van der Waals surface area (Å²) in [6.45, 7) is 12.2. The van der Waals surface area contributed by atoms with Crippen molar-refractivity contribution in [3.63, 3.8) is 0 Å². The molecule has 0 spiro atoms. The van der Waals surface area contributed by atoms with Gasteiger partial charge in [0, 0.05) is 24.5 Å². The van der Waals surface area contributed by atoms with Crippen LogP contribution in [-0.2, 0) is 6.54 Å². The summed E-state index contributed by atoms with van der Waals surface area (Å²) in [6, 6.07) is 0.610. The number of nitrogens with one attached hydrogen (secondary N) is 1. The quantitative estimate of drug-likeness (QED) is 0.908. The molecule has 4 heteroatoms. The number of rotatable bonds is 4. The maximum absolute atomic E-state index is 4.77. The zero-order valence-corrected chi connectivity index (χ0v) is 12.8. The largest absolute Gasteiger partial charge is 0.345 e. The Balaban J connectivity index is 2.07. The van der Waals surface area contributed by atoms with Gasteiger partial charge in [-0.1, -0.05) is 20.8 Å². The molecule has 3 unspecified atom stereocenters. The molecule has 0 aromatic carbocycles. The lowest BCUT2D eigenvalue weighted by atomic mass is 9.86. The van der Waals surface area contributed by atoms with Crippen molar-refractivity contribution in [3.8, 4) is 0 Å². The highest BCUT2D eigenvalue weighted by molar-refractivity contribution is 7.13. The number of anilines is 1. The molecule has 0 bridgehead atoms. The summed E-state index contributed by atoms with van der Waals surface area (Å²) in [7, 11) is 0. The molecular weight excluding hydrogens is 242 g/mol. The monoisotopic (exact) mass is 267 g/mol. The highest BCUT2D eigenvalue weighted by Crippen LogP contribution is 2.32. The van der Waals surface area contributed by atoms with Gasteiger partial charge in [0.2, 0.25) is 0 Å². The van der Waals surface area contributed by atoms with Gasteiger partial charge < -0.3 is 10.2 Å². The Morgan fingerprint density at radius 1 is 1.44 bits per heavy atom. The van der Waals surface area contributed by atoms with E-state index in [1.807, 2.05) is 0 Å². The third-order valence-corrected chi connectivity index (χ3v) is 4.87. The Hall–Kier alpha value is -0.610. The first-order chi connectivity index (χ1) is 8.61. The molecule has 102 valence electrons. The second-order valence-electron chi connectivity index (χ2n) is 5.61. The normalized spacial score (nSPS) is 28.7. The minimum Gasteiger partial charge on any atom is -0.345 e. The van der Waals surface area contributed by atoms with Crippen molar-refractivity contribution in [2.45, 2.75) is 46.7 Å². The maximum atomic E-state index is 4.77. The first-order valence-corrected chi connectivity index (χ1v) is 7.91. The number of hydrogen-bond acceptors (Lipinski definition) is 4. The van der Waals surface area contributed by atoms with Crippen LogP contribution in [0.25, 0.3) is 0 Å². The number of thiazole rings is 1. The minimum absolute atomic E-state index is 0.610. The second-order valence-corrected chi connectivity index (χ2v) is 6.45. The molecule has 2 rings (SSSR count). The first-order valence-electron chi connectivity index (χ1n) is 7.03. The molecule has 0 aliphatic carbocycles. The number of piperidine rings is 1. The smallest absolute Gasteiger partial charge is 0.185 e. The van der Waals surface area contributed by atoms with E-state index in [9.17, 15) is 0 Å². The summed E-state index contributed by atoms with van der Waals surface area (Å²) in [5.74, 6) is 1.53. The molecule has 18 heavy (non-hydrogen) atoms. The van der Waals surface area contributed by atoms with Crippen LogP contribution in [-0.4, -0.2) is 24.1 Å². The molecule has 1 saturated heterocycles. The van der Waals surface area contributed by atoms with E-state index in [4.69, 9.17) is 4.98 Å². The van der Waals surface area contributed by atoms with E-state index in [0.717, 1.165) is 31.5 Å². The fourth-order valence-corrected chi connectivity index (χ4v) is 3.65. The van der Waals surface area contributed by atoms with Gasteiger partial charge in [-0.05, 0) is 31.7 Å². The molecule has 3 nitrogen and oxygen atoms in total.